The summed E-state index contributed by atoms with van der Waals surface area (Å²) in [6, 6.07) is 0.220. The fourth-order valence-corrected chi connectivity index (χ4v) is 1.88. The molecular formula is C13H16F2N2O4. The lowest BCUT2D eigenvalue weighted by Gasteiger charge is -2.18. The standard InChI is InChI=1S/C13H16F2N2O4/c1-7(2)3-8(6-18)16-13(19)9-4-10(14)11(15)5-12(9)17(20)21/h4-5,7-8,18H,3,6H2,1-2H3,(H,16,19). The zero-order valence-electron chi connectivity index (χ0n) is 11.6. The van der Waals surface area contributed by atoms with Crippen LogP contribution in [0.4, 0.5) is 14.5 Å². The summed E-state index contributed by atoms with van der Waals surface area (Å²) in [5, 5.41) is 22.3. The Bertz CT molecular complexity index is 549. The fourth-order valence-electron chi connectivity index (χ4n) is 1.88. The van der Waals surface area contributed by atoms with Crippen LogP contribution in [0.25, 0.3) is 0 Å². The molecule has 116 valence electrons. The van der Waals surface area contributed by atoms with E-state index in [0.29, 0.717) is 18.6 Å². The van der Waals surface area contributed by atoms with Crippen molar-refractivity contribution in [3.63, 3.8) is 0 Å². The maximum Gasteiger partial charge on any atom is 0.285 e. The molecular weight excluding hydrogens is 286 g/mol. The van der Waals surface area contributed by atoms with Crippen LogP contribution < -0.4 is 5.32 Å². The number of nitrogens with zero attached hydrogens (tertiary/aromatic N) is 1. The topological polar surface area (TPSA) is 92.5 Å². The summed E-state index contributed by atoms with van der Waals surface area (Å²) in [5.41, 5.74) is -1.41. The van der Waals surface area contributed by atoms with Crippen LogP contribution in [0, 0.1) is 27.7 Å². The molecule has 0 aliphatic rings. The monoisotopic (exact) mass is 302 g/mol. The number of halogens is 2. The average molecular weight is 302 g/mol. The highest BCUT2D eigenvalue weighted by Crippen LogP contribution is 2.22. The van der Waals surface area contributed by atoms with Gasteiger partial charge in [-0.05, 0) is 18.4 Å². The number of nitro benzene ring substituents is 1. The van der Waals surface area contributed by atoms with Gasteiger partial charge in [0.05, 0.1) is 23.6 Å². The van der Waals surface area contributed by atoms with Crippen LogP contribution in [0.15, 0.2) is 12.1 Å². The minimum atomic E-state index is -1.40. The summed E-state index contributed by atoms with van der Waals surface area (Å²) in [6.07, 6.45) is 0.444. The van der Waals surface area contributed by atoms with Crippen molar-refractivity contribution in [2.45, 2.75) is 26.3 Å². The maximum absolute atomic E-state index is 13.2. The van der Waals surface area contributed by atoms with Crippen LogP contribution in [0.2, 0.25) is 0 Å². The second kappa shape index (κ2) is 7.07. The maximum atomic E-state index is 13.2. The molecule has 0 radical (unpaired) electrons. The predicted molar refractivity (Wildman–Crippen MR) is 70.8 cm³/mol. The van der Waals surface area contributed by atoms with Crippen molar-refractivity contribution in [1.82, 2.24) is 5.32 Å². The van der Waals surface area contributed by atoms with Gasteiger partial charge in [-0.2, -0.15) is 0 Å². The van der Waals surface area contributed by atoms with Gasteiger partial charge in [0.2, 0.25) is 0 Å². The number of carbonyl (C=O) groups is 1. The molecule has 1 aromatic carbocycles. The number of rotatable bonds is 6. The molecule has 1 unspecified atom stereocenters. The molecule has 1 rings (SSSR count). The zero-order chi connectivity index (χ0) is 16.2. The molecule has 0 saturated heterocycles. The average Bonchev–Trinajstić information content (AvgIpc) is 2.39. The van der Waals surface area contributed by atoms with E-state index in [9.17, 15) is 23.7 Å². The van der Waals surface area contributed by atoms with Gasteiger partial charge in [-0.25, -0.2) is 8.78 Å². The third kappa shape index (κ3) is 4.45. The summed E-state index contributed by atoms with van der Waals surface area (Å²) < 4.78 is 26.2. The Balaban J connectivity index is 3.06. The number of benzene rings is 1. The van der Waals surface area contributed by atoms with E-state index in [-0.39, 0.29) is 12.5 Å². The molecule has 0 heterocycles. The Hall–Kier alpha value is -2.09. The Labute approximate surface area is 119 Å². The molecule has 21 heavy (non-hydrogen) atoms. The minimum absolute atomic E-state index is 0.169. The summed E-state index contributed by atoms with van der Waals surface area (Å²) in [7, 11) is 0. The molecule has 0 aliphatic heterocycles. The first-order valence-corrected chi connectivity index (χ1v) is 6.31. The lowest BCUT2D eigenvalue weighted by molar-refractivity contribution is -0.385. The van der Waals surface area contributed by atoms with Gasteiger partial charge in [0, 0.05) is 0 Å². The molecule has 0 bridgehead atoms. The first-order valence-electron chi connectivity index (χ1n) is 6.31. The van der Waals surface area contributed by atoms with Gasteiger partial charge >= 0.3 is 0 Å². The minimum Gasteiger partial charge on any atom is -0.394 e. The van der Waals surface area contributed by atoms with Gasteiger partial charge in [0.1, 0.15) is 5.56 Å². The third-order valence-electron chi connectivity index (χ3n) is 2.79. The number of amides is 1. The van der Waals surface area contributed by atoms with E-state index >= 15 is 0 Å². The number of aliphatic hydroxyl groups excluding tert-OH is 1. The number of nitrogens with one attached hydrogen (secondary N) is 1. The Morgan fingerprint density at radius 1 is 1.38 bits per heavy atom. The number of nitro groups is 1. The highest BCUT2D eigenvalue weighted by Gasteiger charge is 2.25. The van der Waals surface area contributed by atoms with E-state index in [1.165, 1.54) is 0 Å². The molecule has 0 saturated carbocycles. The van der Waals surface area contributed by atoms with Gasteiger partial charge in [0.15, 0.2) is 11.6 Å². The largest absolute Gasteiger partial charge is 0.394 e. The molecule has 0 fully saturated rings. The molecule has 1 atom stereocenters. The molecule has 6 nitrogen and oxygen atoms in total. The summed E-state index contributed by atoms with van der Waals surface area (Å²) in [4.78, 5) is 21.8. The van der Waals surface area contributed by atoms with Gasteiger partial charge in [-0.1, -0.05) is 13.8 Å². The van der Waals surface area contributed by atoms with Gasteiger partial charge in [-0.3, -0.25) is 14.9 Å². The first-order chi connectivity index (χ1) is 9.76. The van der Waals surface area contributed by atoms with Crippen molar-refractivity contribution in [1.29, 1.82) is 0 Å². The second-order valence-electron chi connectivity index (χ2n) is 5.02. The van der Waals surface area contributed by atoms with Crippen molar-refractivity contribution in [3.05, 3.63) is 39.4 Å². The number of carbonyl (C=O) groups excluding carboxylic acids is 1. The third-order valence-corrected chi connectivity index (χ3v) is 2.79. The Morgan fingerprint density at radius 3 is 2.43 bits per heavy atom. The molecule has 0 aromatic heterocycles. The zero-order valence-corrected chi connectivity index (χ0v) is 11.6. The normalized spacial score (nSPS) is 12.3. The van der Waals surface area contributed by atoms with Crippen LogP contribution in [-0.2, 0) is 0 Å². The van der Waals surface area contributed by atoms with Crippen LogP contribution in [-0.4, -0.2) is 28.6 Å². The molecule has 0 aliphatic carbocycles. The molecule has 0 spiro atoms. The summed E-state index contributed by atoms with van der Waals surface area (Å²) in [6.45, 7) is 3.38. The van der Waals surface area contributed by atoms with E-state index in [0.717, 1.165) is 0 Å². The lowest BCUT2D eigenvalue weighted by Crippen LogP contribution is -2.38. The number of aliphatic hydroxyl groups is 1. The highest BCUT2D eigenvalue weighted by atomic mass is 19.2. The van der Waals surface area contributed by atoms with E-state index < -0.39 is 39.8 Å². The van der Waals surface area contributed by atoms with Crippen molar-refractivity contribution >= 4 is 11.6 Å². The predicted octanol–water partition coefficient (Wildman–Crippen LogP) is 2.01. The smallest absolute Gasteiger partial charge is 0.285 e. The van der Waals surface area contributed by atoms with E-state index in [4.69, 9.17) is 5.11 Å². The fraction of sp³-hybridized carbons (Fsp3) is 0.462. The van der Waals surface area contributed by atoms with Gasteiger partial charge in [0.25, 0.3) is 11.6 Å². The van der Waals surface area contributed by atoms with Gasteiger partial charge < -0.3 is 10.4 Å². The van der Waals surface area contributed by atoms with Crippen LogP contribution >= 0.6 is 0 Å². The SMILES string of the molecule is CC(C)CC(CO)NC(=O)c1cc(F)c(F)cc1[N+](=O)[O-]. The van der Waals surface area contributed by atoms with Crippen LogP contribution in [0.5, 0.6) is 0 Å². The lowest BCUT2D eigenvalue weighted by atomic mass is 10.0. The Kier molecular flexibility index (Phi) is 5.71. The second-order valence-corrected chi connectivity index (χ2v) is 5.02. The van der Waals surface area contributed by atoms with Crippen LogP contribution in [0.1, 0.15) is 30.6 Å². The number of hydrogen-bond donors (Lipinski definition) is 2. The first kappa shape index (κ1) is 17.0. The van der Waals surface area contributed by atoms with Crippen molar-refractivity contribution in [3.8, 4) is 0 Å². The van der Waals surface area contributed by atoms with E-state index in [1.807, 2.05) is 13.8 Å². The molecule has 2 N–H and O–H groups in total. The molecule has 1 amide bonds. The summed E-state index contributed by atoms with van der Waals surface area (Å²) in [5.74, 6) is -3.52. The van der Waals surface area contributed by atoms with Crippen molar-refractivity contribution in [2.24, 2.45) is 5.92 Å². The Morgan fingerprint density at radius 2 is 1.95 bits per heavy atom. The van der Waals surface area contributed by atoms with E-state index in [1.54, 1.807) is 0 Å². The van der Waals surface area contributed by atoms with Crippen molar-refractivity contribution in [2.75, 3.05) is 6.61 Å². The van der Waals surface area contributed by atoms with Gasteiger partial charge in [-0.15, -0.1) is 0 Å². The highest BCUT2D eigenvalue weighted by molar-refractivity contribution is 5.98. The molecule has 1 aromatic rings. The quantitative estimate of drug-likeness (QED) is 0.621. The number of hydrogen-bond acceptors (Lipinski definition) is 4. The van der Waals surface area contributed by atoms with E-state index in [2.05, 4.69) is 5.32 Å². The summed E-state index contributed by atoms with van der Waals surface area (Å²) >= 11 is 0. The molecule has 8 heteroatoms. The van der Waals surface area contributed by atoms with Crippen LogP contribution in [0.3, 0.4) is 0 Å². The van der Waals surface area contributed by atoms with Crippen molar-refractivity contribution < 1.29 is 23.6 Å².